The van der Waals surface area contributed by atoms with Crippen LogP contribution in [0, 0.1) is 6.92 Å². The smallest absolute Gasteiger partial charge is 0.224 e. The van der Waals surface area contributed by atoms with Crippen LogP contribution in [0.4, 0.5) is 0 Å². The Labute approximate surface area is 108 Å². The van der Waals surface area contributed by atoms with Crippen LogP contribution in [0.5, 0.6) is 0 Å². The van der Waals surface area contributed by atoms with Crippen LogP contribution < -0.4 is 5.32 Å². The fourth-order valence-electron chi connectivity index (χ4n) is 2.09. The summed E-state index contributed by atoms with van der Waals surface area (Å²) in [4.78, 5) is 15.1. The van der Waals surface area contributed by atoms with E-state index < -0.39 is 0 Å². The van der Waals surface area contributed by atoms with Crippen molar-refractivity contribution < 1.29 is 4.79 Å². The van der Waals surface area contributed by atoms with Gasteiger partial charge in [0.05, 0.1) is 6.42 Å². The molecule has 3 nitrogen and oxygen atoms in total. The molecule has 0 radical (unpaired) electrons. The Kier molecular flexibility index (Phi) is 3.16. The second kappa shape index (κ2) is 4.48. The molecule has 0 unspecified atom stereocenters. The Bertz CT molecular complexity index is 576. The predicted molar refractivity (Wildman–Crippen MR) is 74.6 cm³/mol. The molecular weight excluding hydrogens is 224 g/mol. The van der Waals surface area contributed by atoms with Crippen molar-refractivity contribution >= 4 is 16.8 Å². The minimum atomic E-state index is -0.175. The fraction of sp³-hybridized carbons (Fsp3) is 0.400. The van der Waals surface area contributed by atoms with Crippen LogP contribution in [0.15, 0.2) is 24.3 Å². The van der Waals surface area contributed by atoms with Crippen molar-refractivity contribution in [3.8, 4) is 0 Å². The second-order valence-corrected chi connectivity index (χ2v) is 5.85. The van der Waals surface area contributed by atoms with E-state index >= 15 is 0 Å². The average Bonchev–Trinajstić information content (AvgIpc) is 2.53. The van der Waals surface area contributed by atoms with E-state index in [2.05, 4.69) is 22.4 Å². The summed E-state index contributed by atoms with van der Waals surface area (Å²) >= 11 is 0. The number of benzene rings is 1. The van der Waals surface area contributed by atoms with Gasteiger partial charge in [-0.1, -0.05) is 6.07 Å². The molecule has 0 fully saturated rings. The van der Waals surface area contributed by atoms with E-state index in [0.717, 1.165) is 22.2 Å². The van der Waals surface area contributed by atoms with Gasteiger partial charge in [0.15, 0.2) is 0 Å². The van der Waals surface area contributed by atoms with E-state index in [9.17, 15) is 4.79 Å². The minimum absolute atomic E-state index is 0.0640. The third-order valence-corrected chi connectivity index (χ3v) is 2.70. The summed E-state index contributed by atoms with van der Waals surface area (Å²) < 4.78 is 0. The highest BCUT2D eigenvalue weighted by atomic mass is 16.1. The number of nitrogens with one attached hydrogen (secondary N) is 2. The molecule has 96 valence electrons. The van der Waals surface area contributed by atoms with E-state index in [-0.39, 0.29) is 11.4 Å². The van der Waals surface area contributed by atoms with Crippen molar-refractivity contribution in [1.29, 1.82) is 0 Å². The van der Waals surface area contributed by atoms with E-state index in [1.807, 2.05) is 39.8 Å². The standard InChI is InChI=1S/C15H20N2O/c1-10-7-12-8-11(5-6-13(12)16-10)9-14(18)17-15(2,3)4/h5-8,16H,9H2,1-4H3,(H,17,18). The summed E-state index contributed by atoms with van der Waals surface area (Å²) in [6.07, 6.45) is 0.428. The zero-order valence-electron chi connectivity index (χ0n) is 11.4. The third kappa shape index (κ3) is 3.13. The molecule has 0 aliphatic heterocycles. The second-order valence-electron chi connectivity index (χ2n) is 5.85. The number of aryl methyl sites for hydroxylation is 1. The largest absolute Gasteiger partial charge is 0.359 e. The average molecular weight is 244 g/mol. The topological polar surface area (TPSA) is 44.9 Å². The van der Waals surface area contributed by atoms with Crippen LogP contribution in [0.1, 0.15) is 32.0 Å². The number of amides is 1. The number of aromatic amines is 1. The summed E-state index contributed by atoms with van der Waals surface area (Å²) in [7, 11) is 0. The molecule has 0 saturated carbocycles. The molecule has 18 heavy (non-hydrogen) atoms. The summed E-state index contributed by atoms with van der Waals surface area (Å²) in [5.41, 5.74) is 3.13. The molecule has 0 aliphatic carbocycles. The molecular formula is C15H20N2O. The number of H-pyrrole nitrogens is 1. The first kappa shape index (κ1) is 12.7. The van der Waals surface area contributed by atoms with Crippen molar-refractivity contribution in [2.24, 2.45) is 0 Å². The van der Waals surface area contributed by atoms with E-state index in [1.165, 1.54) is 0 Å². The Balaban J connectivity index is 2.14. The number of aromatic nitrogens is 1. The van der Waals surface area contributed by atoms with Crippen LogP contribution in [-0.2, 0) is 11.2 Å². The Hall–Kier alpha value is -1.77. The first-order valence-electron chi connectivity index (χ1n) is 6.23. The minimum Gasteiger partial charge on any atom is -0.359 e. The lowest BCUT2D eigenvalue weighted by Gasteiger charge is -2.20. The van der Waals surface area contributed by atoms with Gasteiger partial charge < -0.3 is 10.3 Å². The summed E-state index contributed by atoms with van der Waals surface area (Å²) in [6.45, 7) is 8.00. The van der Waals surface area contributed by atoms with E-state index in [1.54, 1.807) is 0 Å². The fourth-order valence-corrected chi connectivity index (χ4v) is 2.09. The normalized spacial score (nSPS) is 11.8. The zero-order chi connectivity index (χ0) is 13.3. The SMILES string of the molecule is Cc1cc2cc(CC(=O)NC(C)(C)C)ccc2[nH]1. The van der Waals surface area contributed by atoms with Gasteiger partial charge in [-0.15, -0.1) is 0 Å². The predicted octanol–water partition coefficient (Wildman–Crippen LogP) is 2.93. The van der Waals surface area contributed by atoms with Gasteiger partial charge in [-0.3, -0.25) is 4.79 Å². The van der Waals surface area contributed by atoms with Gasteiger partial charge in [-0.05, 0) is 56.8 Å². The Morgan fingerprint density at radius 1 is 1.28 bits per heavy atom. The molecule has 1 aromatic heterocycles. The van der Waals surface area contributed by atoms with Crippen molar-refractivity contribution in [2.45, 2.75) is 39.7 Å². The summed E-state index contributed by atoms with van der Waals surface area (Å²) in [5, 5.41) is 4.13. The van der Waals surface area contributed by atoms with E-state index in [0.29, 0.717) is 6.42 Å². The van der Waals surface area contributed by atoms with Crippen molar-refractivity contribution in [3.63, 3.8) is 0 Å². The number of carbonyl (C=O) groups is 1. The molecule has 0 aliphatic rings. The summed E-state index contributed by atoms with van der Waals surface area (Å²) in [6, 6.07) is 8.20. The van der Waals surface area contributed by atoms with Crippen LogP contribution >= 0.6 is 0 Å². The molecule has 0 spiro atoms. The van der Waals surface area contributed by atoms with Gasteiger partial charge in [-0.2, -0.15) is 0 Å². The molecule has 2 rings (SSSR count). The van der Waals surface area contributed by atoms with Gasteiger partial charge in [-0.25, -0.2) is 0 Å². The Morgan fingerprint density at radius 2 is 2.00 bits per heavy atom. The maximum Gasteiger partial charge on any atom is 0.224 e. The molecule has 1 aromatic carbocycles. The van der Waals surface area contributed by atoms with Gasteiger partial charge in [0, 0.05) is 16.7 Å². The highest BCUT2D eigenvalue weighted by Gasteiger charge is 2.14. The molecule has 1 heterocycles. The Morgan fingerprint density at radius 3 is 2.67 bits per heavy atom. The van der Waals surface area contributed by atoms with Crippen molar-refractivity contribution in [3.05, 3.63) is 35.5 Å². The molecule has 0 saturated heterocycles. The van der Waals surface area contributed by atoms with Crippen LogP contribution in [0.25, 0.3) is 10.9 Å². The lowest BCUT2D eigenvalue weighted by atomic mass is 10.1. The van der Waals surface area contributed by atoms with Gasteiger partial charge in [0.1, 0.15) is 0 Å². The third-order valence-electron chi connectivity index (χ3n) is 2.70. The van der Waals surface area contributed by atoms with Crippen molar-refractivity contribution in [1.82, 2.24) is 10.3 Å². The molecule has 3 heteroatoms. The number of rotatable bonds is 2. The first-order chi connectivity index (χ1) is 8.33. The number of fused-ring (bicyclic) bond motifs is 1. The van der Waals surface area contributed by atoms with Gasteiger partial charge in [0.25, 0.3) is 0 Å². The molecule has 2 aromatic rings. The lowest BCUT2D eigenvalue weighted by molar-refractivity contribution is -0.121. The van der Waals surface area contributed by atoms with Gasteiger partial charge in [0.2, 0.25) is 5.91 Å². The first-order valence-corrected chi connectivity index (χ1v) is 6.23. The zero-order valence-corrected chi connectivity index (χ0v) is 11.4. The maximum absolute atomic E-state index is 11.9. The van der Waals surface area contributed by atoms with Crippen molar-refractivity contribution in [2.75, 3.05) is 0 Å². The lowest BCUT2D eigenvalue weighted by Crippen LogP contribution is -2.41. The summed E-state index contributed by atoms with van der Waals surface area (Å²) in [5.74, 6) is 0.0640. The maximum atomic E-state index is 11.9. The van der Waals surface area contributed by atoms with Crippen LogP contribution in [0.2, 0.25) is 0 Å². The van der Waals surface area contributed by atoms with Crippen LogP contribution in [0.3, 0.4) is 0 Å². The molecule has 0 atom stereocenters. The van der Waals surface area contributed by atoms with E-state index in [4.69, 9.17) is 0 Å². The highest BCUT2D eigenvalue weighted by Crippen LogP contribution is 2.17. The number of hydrogen-bond donors (Lipinski definition) is 2. The number of hydrogen-bond acceptors (Lipinski definition) is 1. The molecule has 1 amide bonds. The quantitative estimate of drug-likeness (QED) is 0.838. The van der Waals surface area contributed by atoms with Gasteiger partial charge >= 0.3 is 0 Å². The molecule has 0 bridgehead atoms. The molecule has 2 N–H and O–H groups in total. The highest BCUT2D eigenvalue weighted by molar-refractivity contribution is 5.84. The monoisotopic (exact) mass is 244 g/mol. The van der Waals surface area contributed by atoms with Crippen LogP contribution in [-0.4, -0.2) is 16.4 Å². The number of carbonyl (C=O) groups excluding carboxylic acids is 1.